The molecule has 76 valence electrons. The summed E-state index contributed by atoms with van der Waals surface area (Å²) >= 11 is 7.25. The van der Waals surface area contributed by atoms with E-state index < -0.39 is 5.38 Å². The van der Waals surface area contributed by atoms with E-state index >= 15 is 0 Å². The number of rotatable bonds is 2. The molecular weight excluding hydrogens is 224 g/mol. The van der Waals surface area contributed by atoms with Crippen LogP contribution >= 0.6 is 23.4 Å². The first-order valence-corrected chi connectivity index (χ1v) is 5.61. The topological polar surface area (TPSA) is 59.8 Å². The molecule has 5 nitrogen and oxygen atoms in total. The predicted octanol–water partition coefficient (Wildman–Crippen LogP) is 0.950. The number of anilines is 1. The van der Waals surface area contributed by atoms with Gasteiger partial charge in [-0.15, -0.1) is 21.8 Å². The largest absolute Gasteiger partial charge is 0.293 e. The number of nitrogens with one attached hydrogen (secondary N) is 1. The van der Waals surface area contributed by atoms with Crippen molar-refractivity contribution < 1.29 is 4.79 Å². The molecule has 0 saturated heterocycles. The third-order valence-corrected chi connectivity index (χ3v) is 3.00. The molecule has 1 atom stereocenters. The Morgan fingerprint density at radius 2 is 2.50 bits per heavy atom. The van der Waals surface area contributed by atoms with E-state index in [1.54, 1.807) is 18.7 Å². The summed E-state index contributed by atoms with van der Waals surface area (Å²) in [7, 11) is 0. The summed E-state index contributed by atoms with van der Waals surface area (Å²) in [4.78, 5) is 11.3. The Balaban J connectivity index is 2.14. The van der Waals surface area contributed by atoms with Crippen LogP contribution < -0.4 is 5.32 Å². The highest BCUT2D eigenvalue weighted by molar-refractivity contribution is 7.99. The molecule has 2 rings (SSSR count). The molecular formula is C7H9ClN4OS. The molecule has 1 unspecified atom stereocenters. The standard InChI is InChI=1S/C7H9ClN4OS/c1-4(8)5(13)9-6-10-11-7-12(6)2-3-14-7/h4H,2-3H2,1H3,(H,9,10,13). The average Bonchev–Trinajstić information content (AvgIpc) is 2.69. The van der Waals surface area contributed by atoms with Crippen molar-refractivity contribution in [1.82, 2.24) is 14.8 Å². The lowest BCUT2D eigenvalue weighted by atomic mass is 10.4. The fourth-order valence-corrected chi connectivity index (χ4v) is 2.07. The van der Waals surface area contributed by atoms with Gasteiger partial charge >= 0.3 is 0 Å². The van der Waals surface area contributed by atoms with Gasteiger partial charge in [-0.05, 0) is 6.92 Å². The van der Waals surface area contributed by atoms with E-state index in [0.29, 0.717) is 5.95 Å². The number of fused-ring (bicyclic) bond motifs is 1. The van der Waals surface area contributed by atoms with Crippen LogP contribution in [0, 0.1) is 0 Å². The molecule has 7 heteroatoms. The molecule has 14 heavy (non-hydrogen) atoms. The Hall–Kier alpha value is -0.750. The number of thioether (sulfide) groups is 1. The lowest BCUT2D eigenvalue weighted by Gasteiger charge is -2.05. The van der Waals surface area contributed by atoms with Crippen LogP contribution in [0.5, 0.6) is 0 Å². The van der Waals surface area contributed by atoms with Crippen LogP contribution in [-0.4, -0.2) is 31.8 Å². The second-order valence-electron chi connectivity index (χ2n) is 2.91. The third kappa shape index (κ3) is 1.72. The van der Waals surface area contributed by atoms with Crippen LogP contribution in [-0.2, 0) is 11.3 Å². The zero-order valence-corrected chi connectivity index (χ0v) is 9.10. The van der Waals surface area contributed by atoms with Gasteiger partial charge in [0, 0.05) is 12.3 Å². The Kier molecular flexibility index (Phi) is 2.64. The Bertz CT molecular complexity index is 365. The lowest BCUT2D eigenvalue weighted by molar-refractivity contribution is -0.115. The molecule has 0 radical (unpaired) electrons. The minimum atomic E-state index is -0.558. The number of carbonyl (C=O) groups is 1. The summed E-state index contributed by atoms with van der Waals surface area (Å²) in [6.07, 6.45) is 0. The van der Waals surface area contributed by atoms with E-state index in [-0.39, 0.29) is 5.91 Å². The van der Waals surface area contributed by atoms with E-state index in [4.69, 9.17) is 11.6 Å². The van der Waals surface area contributed by atoms with Crippen LogP contribution in [0.25, 0.3) is 0 Å². The van der Waals surface area contributed by atoms with Gasteiger partial charge in [0.1, 0.15) is 5.38 Å². The van der Waals surface area contributed by atoms with Crippen molar-refractivity contribution >= 4 is 35.2 Å². The first kappa shape index (κ1) is 9.79. The van der Waals surface area contributed by atoms with Gasteiger partial charge in [-0.2, -0.15) is 0 Å². The van der Waals surface area contributed by atoms with Crippen LogP contribution in [0.1, 0.15) is 6.92 Å². The fraction of sp³-hybridized carbons (Fsp3) is 0.571. The van der Waals surface area contributed by atoms with Crippen LogP contribution in [0.4, 0.5) is 5.95 Å². The van der Waals surface area contributed by atoms with Gasteiger partial charge in [0.2, 0.25) is 11.9 Å². The first-order chi connectivity index (χ1) is 6.68. The fourth-order valence-electron chi connectivity index (χ4n) is 1.13. The molecule has 0 spiro atoms. The number of nitrogens with zero attached hydrogens (tertiary/aromatic N) is 3. The third-order valence-electron chi connectivity index (χ3n) is 1.86. The summed E-state index contributed by atoms with van der Waals surface area (Å²) in [6, 6.07) is 0. The van der Waals surface area contributed by atoms with Gasteiger partial charge in [-0.1, -0.05) is 11.8 Å². The van der Waals surface area contributed by atoms with Gasteiger partial charge in [0.05, 0.1) is 0 Å². The molecule has 1 N–H and O–H groups in total. The van der Waals surface area contributed by atoms with Crippen molar-refractivity contribution in [3.05, 3.63) is 0 Å². The van der Waals surface area contributed by atoms with Gasteiger partial charge in [-0.3, -0.25) is 14.7 Å². The lowest BCUT2D eigenvalue weighted by Crippen LogP contribution is -2.22. The van der Waals surface area contributed by atoms with E-state index in [0.717, 1.165) is 17.5 Å². The molecule has 2 heterocycles. The van der Waals surface area contributed by atoms with Crippen molar-refractivity contribution in [2.75, 3.05) is 11.1 Å². The summed E-state index contributed by atoms with van der Waals surface area (Å²) in [5.41, 5.74) is 0. The summed E-state index contributed by atoms with van der Waals surface area (Å²) in [6.45, 7) is 2.45. The minimum Gasteiger partial charge on any atom is -0.293 e. The van der Waals surface area contributed by atoms with Gasteiger partial charge < -0.3 is 0 Å². The zero-order valence-electron chi connectivity index (χ0n) is 7.53. The van der Waals surface area contributed by atoms with Gasteiger partial charge in [-0.25, -0.2) is 0 Å². The number of hydrogen-bond donors (Lipinski definition) is 1. The van der Waals surface area contributed by atoms with Gasteiger partial charge in [0.25, 0.3) is 0 Å². The maximum atomic E-state index is 11.3. The predicted molar refractivity (Wildman–Crippen MR) is 54.7 cm³/mol. The van der Waals surface area contributed by atoms with Crippen LogP contribution in [0.3, 0.4) is 0 Å². The maximum Gasteiger partial charge on any atom is 0.244 e. The van der Waals surface area contributed by atoms with Crippen molar-refractivity contribution in [3.8, 4) is 0 Å². The Morgan fingerprint density at radius 1 is 1.71 bits per heavy atom. The Labute approximate surface area is 90.2 Å². The van der Waals surface area contributed by atoms with Crippen molar-refractivity contribution in [2.24, 2.45) is 0 Å². The summed E-state index contributed by atoms with van der Waals surface area (Å²) < 4.78 is 1.88. The van der Waals surface area contributed by atoms with E-state index in [2.05, 4.69) is 15.5 Å². The molecule has 0 aliphatic carbocycles. The van der Waals surface area contributed by atoms with Crippen molar-refractivity contribution in [2.45, 2.75) is 24.0 Å². The number of aromatic nitrogens is 3. The van der Waals surface area contributed by atoms with Gasteiger partial charge in [0.15, 0.2) is 5.16 Å². The number of hydrogen-bond acceptors (Lipinski definition) is 4. The molecule has 0 fully saturated rings. The summed E-state index contributed by atoms with van der Waals surface area (Å²) in [5.74, 6) is 1.21. The highest BCUT2D eigenvalue weighted by Gasteiger charge is 2.20. The normalized spacial score (nSPS) is 16.4. The minimum absolute atomic E-state index is 0.251. The number of amides is 1. The first-order valence-electron chi connectivity index (χ1n) is 4.19. The highest BCUT2D eigenvalue weighted by atomic mass is 35.5. The number of carbonyl (C=O) groups excluding carboxylic acids is 1. The molecule has 0 saturated carbocycles. The smallest absolute Gasteiger partial charge is 0.244 e. The molecule has 0 aromatic carbocycles. The monoisotopic (exact) mass is 232 g/mol. The molecule has 1 aromatic heterocycles. The highest BCUT2D eigenvalue weighted by Crippen LogP contribution is 2.26. The SMILES string of the molecule is CC(Cl)C(=O)Nc1nnc2n1CCS2. The van der Waals surface area contributed by atoms with E-state index in [9.17, 15) is 4.79 Å². The summed E-state index contributed by atoms with van der Waals surface area (Å²) in [5, 5.41) is 10.7. The van der Waals surface area contributed by atoms with Crippen molar-refractivity contribution in [1.29, 1.82) is 0 Å². The molecule has 1 aliphatic rings. The zero-order chi connectivity index (χ0) is 10.1. The average molecular weight is 233 g/mol. The van der Waals surface area contributed by atoms with Crippen LogP contribution in [0.2, 0.25) is 0 Å². The van der Waals surface area contributed by atoms with E-state index in [1.807, 2.05) is 4.57 Å². The molecule has 1 aliphatic heterocycles. The molecule has 1 amide bonds. The van der Waals surface area contributed by atoms with Crippen molar-refractivity contribution in [3.63, 3.8) is 0 Å². The second-order valence-corrected chi connectivity index (χ2v) is 4.63. The Morgan fingerprint density at radius 3 is 3.21 bits per heavy atom. The molecule has 1 aromatic rings. The quantitative estimate of drug-likeness (QED) is 0.772. The van der Waals surface area contributed by atoms with Crippen LogP contribution in [0.15, 0.2) is 5.16 Å². The maximum absolute atomic E-state index is 11.3. The molecule has 0 bridgehead atoms. The van der Waals surface area contributed by atoms with E-state index in [1.165, 1.54) is 0 Å². The number of alkyl halides is 1. The second kappa shape index (κ2) is 3.78. The number of halogens is 1.